The highest BCUT2D eigenvalue weighted by molar-refractivity contribution is 7.15. The molecule has 1 aliphatic rings. The van der Waals surface area contributed by atoms with Gasteiger partial charge in [0.15, 0.2) is 0 Å². The topological polar surface area (TPSA) is 142 Å². The van der Waals surface area contributed by atoms with Crippen LogP contribution in [0.3, 0.4) is 0 Å². The summed E-state index contributed by atoms with van der Waals surface area (Å²) in [6.07, 6.45) is 6.93. The number of nitrogens with zero attached hydrogens (tertiary/aromatic N) is 2. The first-order valence-corrected chi connectivity index (χ1v) is 6.27. The summed E-state index contributed by atoms with van der Waals surface area (Å²) in [5.74, 6) is -2.64. The molecule has 20 heavy (non-hydrogen) atoms. The van der Waals surface area contributed by atoms with Crippen LogP contribution in [0.4, 0.5) is 5.00 Å². The first-order chi connectivity index (χ1) is 9.39. The summed E-state index contributed by atoms with van der Waals surface area (Å²) in [5.41, 5.74) is 9.12. The summed E-state index contributed by atoms with van der Waals surface area (Å²) in [6.45, 7) is 0. The SMILES string of the molecule is NC(=O)C1C=CC=CC1(C(N)=O)c1ncc([N+](=O)[O-])s1. The lowest BCUT2D eigenvalue weighted by atomic mass is 9.72. The van der Waals surface area contributed by atoms with Crippen molar-refractivity contribution in [1.82, 2.24) is 4.98 Å². The van der Waals surface area contributed by atoms with Gasteiger partial charge < -0.3 is 11.5 Å². The van der Waals surface area contributed by atoms with Crippen LogP contribution in [0.2, 0.25) is 0 Å². The quantitative estimate of drug-likeness (QED) is 0.593. The molecule has 0 aromatic carbocycles. The highest BCUT2D eigenvalue weighted by Gasteiger charge is 2.49. The number of nitrogens with two attached hydrogens (primary N) is 2. The van der Waals surface area contributed by atoms with E-state index in [1.807, 2.05) is 0 Å². The minimum absolute atomic E-state index is 0.0705. The standard InChI is InChI=1S/C11H10N4O4S/c12-8(16)6-3-1-2-4-11(6,9(13)17)10-14-5-7(20-10)15(18)19/h1-6H,(H2,12,16)(H2,13,17). The Morgan fingerprint density at radius 3 is 2.60 bits per heavy atom. The van der Waals surface area contributed by atoms with Crippen LogP contribution in [0.5, 0.6) is 0 Å². The highest BCUT2D eigenvalue weighted by Crippen LogP contribution is 2.40. The molecule has 1 heterocycles. The van der Waals surface area contributed by atoms with Crippen LogP contribution in [0.25, 0.3) is 0 Å². The van der Waals surface area contributed by atoms with Gasteiger partial charge in [-0.1, -0.05) is 24.3 Å². The molecule has 1 aromatic rings. The molecule has 0 saturated carbocycles. The van der Waals surface area contributed by atoms with Crippen LogP contribution in [-0.4, -0.2) is 21.7 Å². The van der Waals surface area contributed by atoms with Crippen molar-refractivity contribution in [3.63, 3.8) is 0 Å². The molecule has 0 aliphatic heterocycles. The van der Waals surface area contributed by atoms with Gasteiger partial charge in [-0.2, -0.15) is 0 Å². The van der Waals surface area contributed by atoms with Gasteiger partial charge in [-0.25, -0.2) is 4.98 Å². The van der Waals surface area contributed by atoms with Crippen molar-refractivity contribution in [2.24, 2.45) is 17.4 Å². The number of carbonyl (C=O) groups excluding carboxylic acids is 2. The average molecular weight is 294 g/mol. The maximum atomic E-state index is 11.9. The number of primary amides is 2. The predicted octanol–water partition coefficient (Wildman–Crippen LogP) is 0.00190. The molecule has 8 nitrogen and oxygen atoms in total. The maximum Gasteiger partial charge on any atom is 0.343 e. The monoisotopic (exact) mass is 294 g/mol. The molecule has 104 valence electrons. The fourth-order valence-electron chi connectivity index (χ4n) is 2.04. The Balaban J connectivity index is 2.62. The van der Waals surface area contributed by atoms with Crippen molar-refractivity contribution >= 4 is 28.2 Å². The molecule has 9 heteroatoms. The summed E-state index contributed by atoms with van der Waals surface area (Å²) < 4.78 is 0. The zero-order valence-corrected chi connectivity index (χ0v) is 10.9. The predicted molar refractivity (Wildman–Crippen MR) is 70.6 cm³/mol. The molecule has 2 unspecified atom stereocenters. The van der Waals surface area contributed by atoms with Crippen LogP contribution in [0, 0.1) is 16.0 Å². The number of nitro groups is 1. The average Bonchev–Trinajstić information content (AvgIpc) is 2.88. The fourth-order valence-corrected chi connectivity index (χ4v) is 2.99. The lowest BCUT2D eigenvalue weighted by molar-refractivity contribution is -0.380. The van der Waals surface area contributed by atoms with Gasteiger partial charge in [0.1, 0.15) is 16.6 Å². The first-order valence-electron chi connectivity index (χ1n) is 5.45. The summed E-state index contributed by atoms with van der Waals surface area (Å²) in [7, 11) is 0. The van der Waals surface area contributed by atoms with Crippen molar-refractivity contribution in [2.45, 2.75) is 5.41 Å². The van der Waals surface area contributed by atoms with Crippen LogP contribution < -0.4 is 11.5 Å². The molecule has 0 fully saturated rings. The van der Waals surface area contributed by atoms with E-state index in [1.165, 1.54) is 18.2 Å². The van der Waals surface area contributed by atoms with Crippen molar-refractivity contribution in [1.29, 1.82) is 0 Å². The van der Waals surface area contributed by atoms with E-state index in [-0.39, 0.29) is 10.0 Å². The summed E-state index contributed by atoms with van der Waals surface area (Å²) in [6, 6.07) is 0. The van der Waals surface area contributed by atoms with Crippen molar-refractivity contribution < 1.29 is 14.5 Å². The molecule has 4 N–H and O–H groups in total. The lowest BCUT2D eigenvalue weighted by Gasteiger charge is -2.31. The number of allylic oxidation sites excluding steroid dienone is 2. The third-order valence-corrected chi connectivity index (χ3v) is 4.11. The Kier molecular flexibility index (Phi) is 3.36. The van der Waals surface area contributed by atoms with Crippen LogP contribution in [-0.2, 0) is 15.0 Å². The van der Waals surface area contributed by atoms with E-state index in [2.05, 4.69) is 4.98 Å². The van der Waals surface area contributed by atoms with E-state index in [0.717, 1.165) is 6.20 Å². The van der Waals surface area contributed by atoms with Gasteiger partial charge in [0, 0.05) is 0 Å². The molecule has 2 rings (SSSR count). The molecule has 0 radical (unpaired) electrons. The van der Waals surface area contributed by atoms with Crippen molar-refractivity contribution in [3.05, 3.63) is 45.6 Å². The molecule has 0 saturated heterocycles. The Morgan fingerprint density at radius 2 is 2.10 bits per heavy atom. The molecule has 2 atom stereocenters. The third-order valence-electron chi connectivity index (χ3n) is 3.01. The van der Waals surface area contributed by atoms with E-state index in [4.69, 9.17) is 11.5 Å². The molecule has 1 aliphatic carbocycles. The van der Waals surface area contributed by atoms with Gasteiger partial charge in [-0.15, -0.1) is 0 Å². The smallest absolute Gasteiger partial charge is 0.343 e. The number of aromatic nitrogens is 1. The number of amides is 2. The second-order valence-corrected chi connectivity index (χ2v) is 5.13. The molecule has 0 bridgehead atoms. The summed E-state index contributed by atoms with van der Waals surface area (Å²) in [4.78, 5) is 37.4. The zero-order chi connectivity index (χ0) is 14.9. The molecular formula is C11H10N4O4S. The maximum absolute atomic E-state index is 11.9. The second-order valence-electron chi connectivity index (χ2n) is 4.12. The highest BCUT2D eigenvalue weighted by atomic mass is 32.1. The molecule has 1 aromatic heterocycles. The summed E-state index contributed by atoms with van der Waals surface area (Å²) >= 11 is 0.692. The van der Waals surface area contributed by atoms with E-state index < -0.39 is 28.1 Å². The number of carbonyl (C=O) groups is 2. The van der Waals surface area contributed by atoms with E-state index >= 15 is 0 Å². The number of rotatable bonds is 4. The van der Waals surface area contributed by atoms with Gasteiger partial charge in [-0.05, 0) is 11.3 Å². The molecule has 2 amide bonds. The fraction of sp³-hybridized carbons (Fsp3) is 0.182. The molecular weight excluding hydrogens is 284 g/mol. The van der Waals surface area contributed by atoms with E-state index in [0.29, 0.717) is 11.3 Å². The Morgan fingerprint density at radius 1 is 1.40 bits per heavy atom. The Hall–Kier alpha value is -2.55. The van der Waals surface area contributed by atoms with Gasteiger partial charge in [0.2, 0.25) is 11.8 Å². The minimum atomic E-state index is -1.58. The zero-order valence-electron chi connectivity index (χ0n) is 10.1. The summed E-state index contributed by atoms with van der Waals surface area (Å²) in [5, 5.41) is 10.5. The second kappa shape index (κ2) is 4.85. The van der Waals surface area contributed by atoms with E-state index in [9.17, 15) is 19.7 Å². The van der Waals surface area contributed by atoms with Gasteiger partial charge in [-0.3, -0.25) is 19.7 Å². The van der Waals surface area contributed by atoms with Crippen LogP contribution >= 0.6 is 11.3 Å². The molecule has 0 spiro atoms. The Bertz CT molecular complexity index is 651. The van der Waals surface area contributed by atoms with E-state index in [1.54, 1.807) is 6.08 Å². The number of hydrogen-bond acceptors (Lipinski definition) is 6. The van der Waals surface area contributed by atoms with Crippen LogP contribution in [0.1, 0.15) is 5.01 Å². The van der Waals surface area contributed by atoms with Crippen LogP contribution in [0.15, 0.2) is 30.5 Å². The van der Waals surface area contributed by atoms with Gasteiger partial charge in [0.25, 0.3) is 0 Å². The van der Waals surface area contributed by atoms with Gasteiger partial charge >= 0.3 is 5.00 Å². The number of thiazole rings is 1. The normalized spacial score (nSPS) is 24.5. The minimum Gasteiger partial charge on any atom is -0.369 e. The lowest BCUT2D eigenvalue weighted by Crippen LogP contribution is -2.50. The number of hydrogen-bond donors (Lipinski definition) is 2. The van der Waals surface area contributed by atoms with Crippen molar-refractivity contribution in [3.8, 4) is 0 Å². The Labute approximate surface area is 116 Å². The largest absolute Gasteiger partial charge is 0.369 e. The van der Waals surface area contributed by atoms with Gasteiger partial charge in [0.05, 0.1) is 10.8 Å². The first kappa shape index (κ1) is 13.9. The van der Waals surface area contributed by atoms with Crippen molar-refractivity contribution in [2.75, 3.05) is 0 Å². The third kappa shape index (κ3) is 1.97.